The van der Waals surface area contributed by atoms with Crippen molar-refractivity contribution in [3.63, 3.8) is 0 Å². The molecular formula is C14H15N3O2. The first-order chi connectivity index (χ1) is 8.97. The molecule has 1 aromatic heterocycles. The monoisotopic (exact) mass is 257 g/mol. The number of guanidine groups is 1. The average molecular weight is 257 g/mol. The summed E-state index contributed by atoms with van der Waals surface area (Å²) in [7, 11) is 0. The van der Waals surface area contributed by atoms with Gasteiger partial charge in [-0.25, -0.2) is 0 Å². The molecule has 0 aliphatic rings. The molecule has 1 heterocycles. The highest BCUT2D eigenvalue weighted by molar-refractivity contribution is 6.00. The molecule has 0 unspecified atom stereocenters. The number of hydrogen-bond donors (Lipinski definition) is 2. The van der Waals surface area contributed by atoms with Gasteiger partial charge in [0.15, 0.2) is 11.7 Å². The maximum Gasteiger partial charge on any atom is 0.315 e. The Kier molecular flexibility index (Phi) is 3.37. The summed E-state index contributed by atoms with van der Waals surface area (Å²) in [5, 5.41) is 0. The zero-order chi connectivity index (χ0) is 14.0. The summed E-state index contributed by atoms with van der Waals surface area (Å²) in [6, 6.07) is 9.28. The minimum Gasteiger partial charge on any atom is -0.451 e. The zero-order valence-electron chi connectivity index (χ0n) is 10.8. The molecule has 0 aliphatic carbocycles. The number of furan rings is 1. The number of aliphatic imine (C=N–C) groups is 1. The molecule has 0 spiro atoms. The van der Waals surface area contributed by atoms with Crippen LogP contribution in [0, 0.1) is 13.8 Å². The van der Waals surface area contributed by atoms with E-state index < -0.39 is 5.91 Å². The maximum atomic E-state index is 11.6. The predicted octanol–water partition coefficient (Wildman–Crippen LogP) is 1.98. The van der Waals surface area contributed by atoms with Crippen molar-refractivity contribution in [2.24, 2.45) is 16.5 Å². The normalized spacial score (nSPS) is 10.2. The third-order valence-electron chi connectivity index (χ3n) is 2.69. The molecular weight excluding hydrogens is 242 g/mol. The second-order valence-electron chi connectivity index (χ2n) is 4.32. The number of benzene rings is 1. The van der Waals surface area contributed by atoms with E-state index in [9.17, 15) is 4.79 Å². The minimum atomic E-state index is -0.587. The molecule has 2 rings (SSSR count). The average Bonchev–Trinajstić information content (AvgIpc) is 2.77. The van der Waals surface area contributed by atoms with Crippen molar-refractivity contribution in [1.29, 1.82) is 0 Å². The van der Waals surface area contributed by atoms with Crippen molar-refractivity contribution in [3.05, 3.63) is 47.2 Å². The molecule has 0 radical (unpaired) electrons. The Morgan fingerprint density at radius 2 is 1.89 bits per heavy atom. The van der Waals surface area contributed by atoms with Crippen molar-refractivity contribution in [2.45, 2.75) is 13.8 Å². The van der Waals surface area contributed by atoms with E-state index in [2.05, 4.69) is 11.1 Å². The lowest BCUT2D eigenvalue weighted by Crippen LogP contribution is -2.24. The van der Waals surface area contributed by atoms with Gasteiger partial charge in [-0.2, -0.15) is 4.99 Å². The lowest BCUT2D eigenvalue weighted by Gasteiger charge is -2.03. The van der Waals surface area contributed by atoms with E-state index in [1.54, 1.807) is 12.1 Å². The van der Waals surface area contributed by atoms with Crippen LogP contribution < -0.4 is 11.5 Å². The summed E-state index contributed by atoms with van der Waals surface area (Å²) in [5.74, 6) is -0.138. The molecule has 19 heavy (non-hydrogen) atoms. The van der Waals surface area contributed by atoms with Crippen LogP contribution in [0.1, 0.15) is 21.7 Å². The molecule has 4 N–H and O–H groups in total. The fourth-order valence-corrected chi connectivity index (χ4v) is 1.86. The quantitative estimate of drug-likeness (QED) is 0.635. The van der Waals surface area contributed by atoms with E-state index in [1.165, 1.54) is 5.56 Å². The number of amides is 1. The van der Waals surface area contributed by atoms with E-state index in [4.69, 9.17) is 15.9 Å². The van der Waals surface area contributed by atoms with Crippen LogP contribution in [0.25, 0.3) is 11.3 Å². The topological polar surface area (TPSA) is 94.6 Å². The van der Waals surface area contributed by atoms with Gasteiger partial charge in [-0.1, -0.05) is 23.8 Å². The minimum absolute atomic E-state index is 0.114. The Morgan fingerprint density at radius 3 is 2.53 bits per heavy atom. The first kappa shape index (κ1) is 12.9. The second-order valence-corrected chi connectivity index (χ2v) is 4.32. The van der Waals surface area contributed by atoms with Gasteiger partial charge in [0.05, 0.1) is 0 Å². The Morgan fingerprint density at radius 1 is 1.16 bits per heavy atom. The smallest absolute Gasteiger partial charge is 0.315 e. The number of carbonyl (C=O) groups excluding carboxylic acids is 1. The van der Waals surface area contributed by atoms with Gasteiger partial charge in [0.2, 0.25) is 0 Å². The van der Waals surface area contributed by atoms with E-state index in [0.717, 1.165) is 11.1 Å². The summed E-state index contributed by atoms with van der Waals surface area (Å²) in [5.41, 5.74) is 13.5. The summed E-state index contributed by atoms with van der Waals surface area (Å²) in [6.07, 6.45) is 0. The fourth-order valence-electron chi connectivity index (χ4n) is 1.86. The number of rotatable bonds is 2. The highest BCUT2D eigenvalue weighted by Gasteiger charge is 2.12. The van der Waals surface area contributed by atoms with Gasteiger partial charge >= 0.3 is 5.91 Å². The van der Waals surface area contributed by atoms with E-state index >= 15 is 0 Å². The van der Waals surface area contributed by atoms with Crippen LogP contribution >= 0.6 is 0 Å². The molecule has 0 fully saturated rings. The van der Waals surface area contributed by atoms with Crippen LogP contribution in [0.15, 0.2) is 39.7 Å². The van der Waals surface area contributed by atoms with Crippen molar-refractivity contribution >= 4 is 11.9 Å². The first-order valence-corrected chi connectivity index (χ1v) is 5.79. The van der Waals surface area contributed by atoms with Gasteiger partial charge in [0.1, 0.15) is 5.76 Å². The van der Waals surface area contributed by atoms with Crippen LogP contribution in [-0.4, -0.2) is 11.9 Å². The fraction of sp³-hybridized carbons (Fsp3) is 0.143. The van der Waals surface area contributed by atoms with Crippen molar-refractivity contribution < 1.29 is 9.21 Å². The number of nitrogens with zero attached hydrogens (tertiary/aromatic N) is 1. The molecule has 2 aromatic rings. The second kappa shape index (κ2) is 4.97. The molecule has 0 aliphatic heterocycles. The number of aryl methyl sites for hydroxylation is 2. The Bertz CT molecular complexity index is 652. The molecule has 1 aromatic carbocycles. The van der Waals surface area contributed by atoms with Crippen LogP contribution in [0.3, 0.4) is 0 Å². The summed E-state index contributed by atoms with van der Waals surface area (Å²) in [4.78, 5) is 15.0. The van der Waals surface area contributed by atoms with Crippen LogP contribution in [0.2, 0.25) is 0 Å². The molecule has 1 amide bonds. The molecule has 5 heteroatoms. The van der Waals surface area contributed by atoms with Crippen LogP contribution in [-0.2, 0) is 0 Å². The SMILES string of the molecule is Cc1ccc(-c2ccc(C(=O)N=C(N)N)o2)c(C)c1. The summed E-state index contributed by atoms with van der Waals surface area (Å²) in [6.45, 7) is 4.01. The van der Waals surface area contributed by atoms with Crippen molar-refractivity contribution in [2.75, 3.05) is 0 Å². The highest BCUT2D eigenvalue weighted by atomic mass is 16.3. The Hall–Kier alpha value is -2.56. The zero-order valence-corrected chi connectivity index (χ0v) is 10.8. The van der Waals surface area contributed by atoms with Crippen LogP contribution in [0.5, 0.6) is 0 Å². The lowest BCUT2D eigenvalue weighted by atomic mass is 10.0. The molecule has 98 valence electrons. The van der Waals surface area contributed by atoms with Crippen molar-refractivity contribution in [1.82, 2.24) is 0 Å². The van der Waals surface area contributed by atoms with E-state index in [1.807, 2.05) is 26.0 Å². The molecule has 0 bridgehead atoms. The third-order valence-corrected chi connectivity index (χ3v) is 2.69. The van der Waals surface area contributed by atoms with Crippen molar-refractivity contribution in [3.8, 4) is 11.3 Å². The number of nitrogens with two attached hydrogens (primary N) is 2. The largest absolute Gasteiger partial charge is 0.451 e. The Labute approximate surface area is 110 Å². The Balaban J connectivity index is 2.36. The first-order valence-electron chi connectivity index (χ1n) is 5.79. The highest BCUT2D eigenvalue weighted by Crippen LogP contribution is 2.26. The van der Waals surface area contributed by atoms with E-state index in [0.29, 0.717) is 5.76 Å². The van der Waals surface area contributed by atoms with Crippen LogP contribution in [0.4, 0.5) is 0 Å². The van der Waals surface area contributed by atoms with Gasteiger partial charge in [-0.05, 0) is 31.5 Å². The standard InChI is InChI=1S/C14H15N3O2/c1-8-3-4-10(9(2)7-8)11-5-6-12(19-11)13(18)17-14(15)16/h3-7H,1-2H3,(H4,15,16,17,18). The molecule has 0 atom stereocenters. The molecule has 0 saturated carbocycles. The number of carbonyl (C=O) groups is 1. The van der Waals surface area contributed by atoms with Gasteiger partial charge in [-0.3, -0.25) is 4.79 Å². The van der Waals surface area contributed by atoms with Gasteiger partial charge in [-0.15, -0.1) is 0 Å². The predicted molar refractivity (Wildman–Crippen MR) is 73.8 cm³/mol. The lowest BCUT2D eigenvalue weighted by molar-refractivity contribution is 0.0977. The van der Waals surface area contributed by atoms with E-state index in [-0.39, 0.29) is 11.7 Å². The molecule has 0 saturated heterocycles. The van der Waals surface area contributed by atoms with Gasteiger partial charge in [0, 0.05) is 5.56 Å². The van der Waals surface area contributed by atoms with Gasteiger partial charge in [0.25, 0.3) is 0 Å². The number of hydrogen-bond acceptors (Lipinski definition) is 2. The summed E-state index contributed by atoms with van der Waals surface area (Å²) >= 11 is 0. The third kappa shape index (κ3) is 2.82. The maximum absolute atomic E-state index is 11.6. The molecule has 5 nitrogen and oxygen atoms in total. The summed E-state index contributed by atoms with van der Waals surface area (Å²) < 4.78 is 5.49. The van der Waals surface area contributed by atoms with Gasteiger partial charge < -0.3 is 15.9 Å².